The van der Waals surface area contributed by atoms with E-state index in [1.807, 2.05) is 42.5 Å². The lowest BCUT2D eigenvalue weighted by atomic mass is 9.88. The summed E-state index contributed by atoms with van der Waals surface area (Å²) in [6, 6.07) is 19.9. The number of ether oxygens (including phenoxy) is 3. The first kappa shape index (κ1) is 20.8. The minimum absolute atomic E-state index is 0.189. The molecule has 1 aliphatic rings. The summed E-state index contributed by atoms with van der Waals surface area (Å²) >= 11 is 0. The van der Waals surface area contributed by atoms with Gasteiger partial charge in [-0.3, -0.25) is 4.98 Å². The van der Waals surface area contributed by atoms with Gasteiger partial charge in [-0.15, -0.1) is 0 Å². The molecule has 0 fully saturated rings. The third kappa shape index (κ3) is 3.82. The van der Waals surface area contributed by atoms with Crippen molar-refractivity contribution in [2.75, 3.05) is 6.61 Å². The average molecular weight is 443 g/mol. The van der Waals surface area contributed by atoms with Crippen LogP contribution in [0.25, 0.3) is 11.0 Å². The molecule has 0 radical (unpaired) electrons. The molecule has 3 heterocycles. The number of pyridine rings is 1. The van der Waals surface area contributed by atoms with E-state index in [1.165, 1.54) is 0 Å². The summed E-state index contributed by atoms with van der Waals surface area (Å²) in [5.41, 5.74) is 1.50. The summed E-state index contributed by atoms with van der Waals surface area (Å²) in [6.45, 7) is 2.15. The van der Waals surface area contributed by atoms with E-state index in [1.54, 1.807) is 37.4 Å². The van der Waals surface area contributed by atoms with Crippen LogP contribution in [0.1, 0.15) is 29.7 Å². The Labute approximate surface area is 189 Å². The number of carbonyl (C=O) groups excluding carboxylic acids is 1. The standard InChI is InChI=1S/C26H21NO6/c1-2-30-26(29)24-21(22-23(33-24)18-11-4-6-13-20(18)32-25(22)28)17-10-3-5-12-19(17)31-15-16-9-7-8-14-27-16/h3-14,21,24H,2,15H2,1H3/t21-,24+/m0/s1. The molecule has 2 aromatic heterocycles. The molecule has 2 atom stereocenters. The number of esters is 1. The van der Waals surface area contributed by atoms with Crippen molar-refractivity contribution < 1.29 is 23.4 Å². The van der Waals surface area contributed by atoms with E-state index in [0.29, 0.717) is 28.0 Å². The maximum absolute atomic E-state index is 13.1. The number of benzene rings is 2. The largest absolute Gasteiger partial charge is 0.487 e. The SMILES string of the molecule is CCOC(=O)[C@@H]1Oc2c(c(=O)oc3ccccc23)[C@@H]1c1ccccc1OCc1ccccn1. The first-order chi connectivity index (χ1) is 16.2. The maximum atomic E-state index is 13.1. The van der Waals surface area contributed by atoms with Crippen molar-refractivity contribution in [1.82, 2.24) is 4.98 Å². The summed E-state index contributed by atoms with van der Waals surface area (Å²) in [4.78, 5) is 30.3. The predicted octanol–water partition coefficient (Wildman–Crippen LogP) is 4.22. The second-order valence-corrected chi connectivity index (χ2v) is 7.54. The van der Waals surface area contributed by atoms with Gasteiger partial charge in [-0.25, -0.2) is 9.59 Å². The zero-order valence-electron chi connectivity index (χ0n) is 17.9. The van der Waals surface area contributed by atoms with Crippen LogP contribution in [0.5, 0.6) is 11.5 Å². The highest BCUT2D eigenvalue weighted by Gasteiger charge is 2.46. The molecule has 0 N–H and O–H groups in total. The monoisotopic (exact) mass is 443 g/mol. The fourth-order valence-corrected chi connectivity index (χ4v) is 4.11. The molecule has 0 aliphatic carbocycles. The highest BCUT2D eigenvalue weighted by molar-refractivity contribution is 5.88. The Kier molecular flexibility index (Phi) is 5.52. The molecular formula is C26H21NO6. The summed E-state index contributed by atoms with van der Waals surface area (Å²) in [5.74, 6) is -0.447. The van der Waals surface area contributed by atoms with Gasteiger partial charge in [0.25, 0.3) is 0 Å². The van der Waals surface area contributed by atoms with Gasteiger partial charge in [-0.2, -0.15) is 0 Å². The van der Waals surface area contributed by atoms with Crippen LogP contribution in [0.3, 0.4) is 0 Å². The number of hydrogen-bond acceptors (Lipinski definition) is 7. The molecule has 1 aliphatic heterocycles. The molecule has 5 rings (SSSR count). The summed E-state index contributed by atoms with van der Waals surface area (Å²) in [5, 5.41) is 0.621. The lowest BCUT2D eigenvalue weighted by Gasteiger charge is -2.20. The van der Waals surface area contributed by atoms with Crippen molar-refractivity contribution in [2.45, 2.75) is 25.6 Å². The third-order valence-corrected chi connectivity index (χ3v) is 5.53. The number of aromatic nitrogens is 1. The van der Waals surface area contributed by atoms with Gasteiger partial charge in [0.1, 0.15) is 23.7 Å². The molecule has 0 amide bonds. The maximum Gasteiger partial charge on any atom is 0.348 e. The van der Waals surface area contributed by atoms with Crippen LogP contribution in [0, 0.1) is 0 Å². The second-order valence-electron chi connectivity index (χ2n) is 7.54. The van der Waals surface area contributed by atoms with E-state index in [4.69, 9.17) is 18.6 Å². The van der Waals surface area contributed by atoms with E-state index in [2.05, 4.69) is 4.98 Å². The van der Waals surface area contributed by atoms with Crippen LogP contribution in [-0.4, -0.2) is 23.7 Å². The fraction of sp³-hybridized carbons (Fsp3) is 0.192. The Morgan fingerprint density at radius 1 is 1.03 bits per heavy atom. The van der Waals surface area contributed by atoms with E-state index in [-0.39, 0.29) is 18.8 Å². The Morgan fingerprint density at radius 3 is 2.64 bits per heavy atom. The molecule has 0 spiro atoms. The molecule has 2 aromatic carbocycles. The number of nitrogens with zero attached hydrogens (tertiary/aromatic N) is 1. The van der Waals surface area contributed by atoms with E-state index >= 15 is 0 Å². The molecule has 166 valence electrons. The Morgan fingerprint density at radius 2 is 1.82 bits per heavy atom. The van der Waals surface area contributed by atoms with Crippen LogP contribution < -0.4 is 15.1 Å². The zero-order valence-corrected chi connectivity index (χ0v) is 17.9. The van der Waals surface area contributed by atoms with Gasteiger partial charge in [0.2, 0.25) is 6.10 Å². The van der Waals surface area contributed by atoms with Crippen LogP contribution in [-0.2, 0) is 16.1 Å². The van der Waals surface area contributed by atoms with E-state index in [0.717, 1.165) is 5.69 Å². The van der Waals surface area contributed by atoms with Crippen LogP contribution in [0.4, 0.5) is 0 Å². The lowest BCUT2D eigenvalue weighted by molar-refractivity contribution is -0.151. The van der Waals surface area contributed by atoms with Gasteiger partial charge in [0, 0.05) is 11.8 Å². The molecule has 4 aromatic rings. The topological polar surface area (TPSA) is 87.9 Å². The van der Waals surface area contributed by atoms with Crippen molar-refractivity contribution in [1.29, 1.82) is 0 Å². The van der Waals surface area contributed by atoms with Crippen molar-refractivity contribution in [3.8, 4) is 11.5 Å². The second kappa shape index (κ2) is 8.78. The van der Waals surface area contributed by atoms with E-state index < -0.39 is 23.6 Å². The molecule has 7 heteroatoms. The predicted molar refractivity (Wildman–Crippen MR) is 120 cm³/mol. The molecule has 0 bridgehead atoms. The number of carbonyl (C=O) groups is 1. The number of fused-ring (bicyclic) bond motifs is 3. The lowest BCUT2D eigenvalue weighted by Crippen LogP contribution is -2.32. The zero-order chi connectivity index (χ0) is 22.8. The normalized spacial score (nSPS) is 16.8. The van der Waals surface area contributed by atoms with Crippen LogP contribution >= 0.6 is 0 Å². The van der Waals surface area contributed by atoms with Gasteiger partial charge in [0.15, 0.2) is 0 Å². The number of para-hydroxylation sites is 2. The Balaban J connectivity index is 1.63. The molecule has 0 saturated heterocycles. The summed E-state index contributed by atoms with van der Waals surface area (Å²) < 4.78 is 23.0. The Bertz CT molecular complexity index is 1360. The van der Waals surface area contributed by atoms with Gasteiger partial charge in [-0.05, 0) is 37.3 Å². The first-order valence-corrected chi connectivity index (χ1v) is 10.7. The van der Waals surface area contributed by atoms with Gasteiger partial charge < -0.3 is 18.6 Å². The summed E-state index contributed by atoms with van der Waals surface area (Å²) in [7, 11) is 0. The molecular weight excluding hydrogens is 422 g/mol. The van der Waals surface area contributed by atoms with Crippen molar-refractivity contribution in [3.05, 3.63) is 100 Å². The minimum atomic E-state index is -1.05. The van der Waals surface area contributed by atoms with E-state index in [9.17, 15) is 9.59 Å². The van der Waals surface area contributed by atoms with Crippen molar-refractivity contribution in [3.63, 3.8) is 0 Å². The quantitative estimate of drug-likeness (QED) is 0.326. The van der Waals surface area contributed by atoms with Gasteiger partial charge in [-0.1, -0.05) is 36.4 Å². The molecule has 33 heavy (non-hydrogen) atoms. The fourth-order valence-electron chi connectivity index (χ4n) is 4.11. The average Bonchev–Trinajstić information content (AvgIpc) is 3.25. The third-order valence-electron chi connectivity index (χ3n) is 5.53. The molecule has 0 unspecified atom stereocenters. The first-order valence-electron chi connectivity index (χ1n) is 10.7. The van der Waals surface area contributed by atoms with Crippen molar-refractivity contribution in [2.24, 2.45) is 0 Å². The smallest absolute Gasteiger partial charge is 0.348 e. The highest BCUT2D eigenvalue weighted by Crippen LogP contribution is 2.46. The molecule has 0 saturated carbocycles. The molecule has 7 nitrogen and oxygen atoms in total. The highest BCUT2D eigenvalue weighted by atomic mass is 16.6. The number of hydrogen-bond donors (Lipinski definition) is 0. The van der Waals surface area contributed by atoms with Crippen LogP contribution in [0.15, 0.2) is 82.1 Å². The Hall–Kier alpha value is -4.13. The van der Waals surface area contributed by atoms with Crippen LogP contribution in [0.2, 0.25) is 0 Å². The van der Waals surface area contributed by atoms with Crippen molar-refractivity contribution >= 4 is 16.9 Å². The minimum Gasteiger partial charge on any atom is -0.487 e. The summed E-state index contributed by atoms with van der Waals surface area (Å²) in [6.07, 6.45) is 0.645. The van der Waals surface area contributed by atoms with Gasteiger partial charge in [0.05, 0.1) is 29.2 Å². The number of rotatable bonds is 6. The van der Waals surface area contributed by atoms with Gasteiger partial charge >= 0.3 is 11.6 Å².